The van der Waals surface area contributed by atoms with E-state index < -0.39 is 0 Å². The van der Waals surface area contributed by atoms with Crippen LogP contribution in [-0.4, -0.2) is 49.3 Å². The van der Waals surface area contributed by atoms with Crippen molar-refractivity contribution in [1.82, 2.24) is 10.2 Å². The van der Waals surface area contributed by atoms with Crippen LogP contribution in [0.2, 0.25) is 0 Å². The minimum absolute atomic E-state index is 0.429. The molecule has 2 saturated heterocycles. The molecule has 2 aliphatic heterocycles. The summed E-state index contributed by atoms with van der Waals surface area (Å²) in [4.78, 5) is 2.64. The molecule has 1 N–H and O–H groups in total. The summed E-state index contributed by atoms with van der Waals surface area (Å²) in [5, 5.41) is 3.74. The molecule has 3 aliphatic rings. The third-order valence-corrected chi connectivity index (χ3v) is 5.11. The van der Waals surface area contributed by atoms with Gasteiger partial charge in [-0.1, -0.05) is 6.92 Å². The van der Waals surface area contributed by atoms with Gasteiger partial charge in [0.1, 0.15) is 0 Å². The van der Waals surface area contributed by atoms with Crippen LogP contribution in [0.25, 0.3) is 0 Å². The Morgan fingerprint density at radius 3 is 2.83 bits per heavy atom. The molecule has 18 heavy (non-hydrogen) atoms. The summed E-state index contributed by atoms with van der Waals surface area (Å²) in [5.41, 5.74) is 0. The minimum atomic E-state index is 0.429. The van der Waals surface area contributed by atoms with E-state index in [0.29, 0.717) is 6.10 Å². The topological polar surface area (TPSA) is 24.5 Å². The van der Waals surface area contributed by atoms with Gasteiger partial charge < -0.3 is 10.1 Å². The van der Waals surface area contributed by atoms with Crippen LogP contribution in [0.1, 0.15) is 45.4 Å². The number of morpholine rings is 1. The molecule has 0 amide bonds. The first-order chi connectivity index (χ1) is 8.81. The van der Waals surface area contributed by atoms with Crippen LogP contribution in [-0.2, 0) is 4.74 Å². The molecule has 104 valence electrons. The van der Waals surface area contributed by atoms with Crippen LogP contribution >= 0.6 is 0 Å². The first-order valence-corrected chi connectivity index (χ1v) is 7.90. The van der Waals surface area contributed by atoms with Crippen molar-refractivity contribution in [2.45, 2.75) is 63.6 Å². The van der Waals surface area contributed by atoms with Crippen LogP contribution in [0.15, 0.2) is 0 Å². The van der Waals surface area contributed by atoms with Gasteiger partial charge in [-0.2, -0.15) is 0 Å². The normalized spacial score (nSPS) is 41.8. The Labute approximate surface area is 111 Å². The molecule has 2 unspecified atom stereocenters. The number of hydrogen-bond donors (Lipinski definition) is 1. The average Bonchev–Trinajstić information content (AvgIpc) is 2.85. The lowest BCUT2D eigenvalue weighted by molar-refractivity contribution is -0.0483. The van der Waals surface area contributed by atoms with Crippen molar-refractivity contribution >= 4 is 0 Å². The SMILES string of the molecule is CC1CCC(NCC2CN3CCCC3CO2)CC1. The molecule has 1 aliphatic carbocycles. The molecule has 3 rings (SSSR count). The van der Waals surface area contributed by atoms with Crippen molar-refractivity contribution in [2.24, 2.45) is 5.92 Å². The van der Waals surface area contributed by atoms with Gasteiger partial charge >= 0.3 is 0 Å². The van der Waals surface area contributed by atoms with Crippen molar-refractivity contribution in [3.63, 3.8) is 0 Å². The Kier molecular flexibility index (Phi) is 4.22. The molecular formula is C15H28N2O. The zero-order chi connectivity index (χ0) is 12.4. The van der Waals surface area contributed by atoms with Crippen LogP contribution in [0, 0.1) is 5.92 Å². The standard InChI is InChI=1S/C15H28N2O/c1-12-4-6-13(7-5-12)16-9-15-10-17-8-2-3-14(17)11-18-15/h12-16H,2-11H2,1H3. The summed E-state index contributed by atoms with van der Waals surface area (Å²) in [6, 6.07) is 1.48. The van der Waals surface area contributed by atoms with Gasteiger partial charge in [-0.3, -0.25) is 4.90 Å². The molecular weight excluding hydrogens is 224 g/mol. The van der Waals surface area contributed by atoms with E-state index in [2.05, 4.69) is 17.1 Å². The van der Waals surface area contributed by atoms with Crippen molar-refractivity contribution in [1.29, 1.82) is 0 Å². The second-order valence-electron chi connectivity index (χ2n) is 6.61. The predicted molar refractivity (Wildman–Crippen MR) is 73.8 cm³/mol. The molecule has 0 aromatic heterocycles. The second kappa shape index (κ2) is 5.89. The highest BCUT2D eigenvalue weighted by Gasteiger charge is 2.32. The first-order valence-electron chi connectivity index (χ1n) is 7.90. The minimum Gasteiger partial charge on any atom is -0.374 e. The van der Waals surface area contributed by atoms with E-state index in [1.165, 1.54) is 45.1 Å². The second-order valence-corrected chi connectivity index (χ2v) is 6.61. The molecule has 3 nitrogen and oxygen atoms in total. The Morgan fingerprint density at radius 1 is 1.17 bits per heavy atom. The Bertz CT molecular complexity index is 263. The van der Waals surface area contributed by atoms with E-state index in [-0.39, 0.29) is 0 Å². The molecule has 0 aromatic rings. The fourth-order valence-corrected chi connectivity index (χ4v) is 3.77. The van der Waals surface area contributed by atoms with Gasteiger partial charge in [0.2, 0.25) is 0 Å². The summed E-state index contributed by atoms with van der Waals surface area (Å²) in [6.07, 6.45) is 8.67. The van der Waals surface area contributed by atoms with E-state index in [1.54, 1.807) is 0 Å². The third kappa shape index (κ3) is 3.06. The van der Waals surface area contributed by atoms with Crippen LogP contribution in [0.5, 0.6) is 0 Å². The zero-order valence-corrected chi connectivity index (χ0v) is 11.7. The zero-order valence-electron chi connectivity index (χ0n) is 11.7. The maximum atomic E-state index is 6.00. The quantitative estimate of drug-likeness (QED) is 0.831. The van der Waals surface area contributed by atoms with Crippen LogP contribution < -0.4 is 5.32 Å². The molecule has 1 saturated carbocycles. The van der Waals surface area contributed by atoms with E-state index >= 15 is 0 Å². The largest absolute Gasteiger partial charge is 0.374 e. The van der Waals surface area contributed by atoms with E-state index in [1.807, 2.05) is 0 Å². The van der Waals surface area contributed by atoms with E-state index in [0.717, 1.165) is 37.7 Å². The Hall–Kier alpha value is -0.120. The molecule has 0 bridgehead atoms. The number of nitrogens with zero attached hydrogens (tertiary/aromatic N) is 1. The molecule has 0 radical (unpaired) electrons. The fraction of sp³-hybridized carbons (Fsp3) is 1.00. The monoisotopic (exact) mass is 252 g/mol. The third-order valence-electron chi connectivity index (χ3n) is 5.11. The van der Waals surface area contributed by atoms with Crippen molar-refractivity contribution in [3.8, 4) is 0 Å². The smallest absolute Gasteiger partial charge is 0.0827 e. The highest BCUT2D eigenvalue weighted by atomic mass is 16.5. The lowest BCUT2D eigenvalue weighted by atomic mass is 9.87. The summed E-state index contributed by atoms with van der Waals surface area (Å²) in [6.45, 7) is 6.86. The average molecular weight is 252 g/mol. The fourth-order valence-electron chi connectivity index (χ4n) is 3.77. The highest BCUT2D eigenvalue weighted by Crippen LogP contribution is 2.24. The van der Waals surface area contributed by atoms with Gasteiger partial charge in [-0.25, -0.2) is 0 Å². The van der Waals surface area contributed by atoms with Crippen molar-refractivity contribution < 1.29 is 4.74 Å². The number of ether oxygens (including phenoxy) is 1. The van der Waals surface area contributed by atoms with Crippen molar-refractivity contribution in [3.05, 3.63) is 0 Å². The summed E-state index contributed by atoms with van der Waals surface area (Å²) in [5.74, 6) is 0.944. The van der Waals surface area contributed by atoms with Gasteiger partial charge in [-0.05, 0) is 51.0 Å². The molecule has 3 fully saturated rings. The molecule has 0 aromatic carbocycles. The number of nitrogens with one attached hydrogen (secondary N) is 1. The lowest BCUT2D eigenvalue weighted by Gasteiger charge is -2.36. The number of fused-ring (bicyclic) bond motifs is 1. The van der Waals surface area contributed by atoms with Crippen LogP contribution in [0.3, 0.4) is 0 Å². The summed E-state index contributed by atoms with van der Waals surface area (Å²) < 4.78 is 6.00. The van der Waals surface area contributed by atoms with E-state index in [9.17, 15) is 0 Å². The Balaban J connectivity index is 1.38. The lowest BCUT2D eigenvalue weighted by Crippen LogP contribution is -2.50. The Morgan fingerprint density at radius 2 is 2.00 bits per heavy atom. The van der Waals surface area contributed by atoms with Gasteiger partial charge in [0, 0.05) is 25.2 Å². The first kappa shape index (κ1) is 12.9. The van der Waals surface area contributed by atoms with Gasteiger partial charge in [-0.15, -0.1) is 0 Å². The summed E-state index contributed by atoms with van der Waals surface area (Å²) in [7, 11) is 0. The number of rotatable bonds is 3. The molecule has 0 spiro atoms. The molecule has 3 heteroatoms. The van der Waals surface area contributed by atoms with Gasteiger partial charge in [0.25, 0.3) is 0 Å². The highest BCUT2D eigenvalue weighted by molar-refractivity contribution is 4.86. The maximum Gasteiger partial charge on any atom is 0.0827 e. The van der Waals surface area contributed by atoms with Crippen molar-refractivity contribution in [2.75, 3.05) is 26.2 Å². The predicted octanol–water partition coefficient (Wildman–Crippen LogP) is 2.02. The molecule has 2 heterocycles. The molecule has 2 atom stereocenters. The summed E-state index contributed by atoms with van der Waals surface area (Å²) >= 11 is 0. The maximum absolute atomic E-state index is 6.00. The van der Waals surface area contributed by atoms with E-state index in [4.69, 9.17) is 4.74 Å². The van der Waals surface area contributed by atoms with Gasteiger partial charge in [0.05, 0.1) is 12.7 Å². The van der Waals surface area contributed by atoms with Crippen LogP contribution in [0.4, 0.5) is 0 Å². The number of hydrogen-bond acceptors (Lipinski definition) is 3. The van der Waals surface area contributed by atoms with Gasteiger partial charge in [0.15, 0.2) is 0 Å².